The summed E-state index contributed by atoms with van der Waals surface area (Å²) in [6.07, 6.45) is 2.14. The summed E-state index contributed by atoms with van der Waals surface area (Å²) in [5.74, 6) is -1.07. The van der Waals surface area contributed by atoms with Gasteiger partial charge in [0.2, 0.25) is 11.8 Å². The monoisotopic (exact) mass is 509 g/mol. The molecule has 2 aliphatic heterocycles. The molecule has 8 nitrogen and oxygen atoms in total. The first-order chi connectivity index (χ1) is 18.5. The first kappa shape index (κ1) is 23.9. The average molecular weight is 510 g/mol. The van der Waals surface area contributed by atoms with Crippen LogP contribution in [-0.2, 0) is 16.1 Å². The number of nitrogens with zero attached hydrogens (tertiary/aromatic N) is 3. The van der Waals surface area contributed by atoms with E-state index in [1.807, 2.05) is 48.5 Å². The number of para-hydroxylation sites is 3. The van der Waals surface area contributed by atoms with E-state index in [9.17, 15) is 19.2 Å². The zero-order valence-corrected chi connectivity index (χ0v) is 21.0. The highest BCUT2D eigenvalue weighted by Crippen LogP contribution is 2.44. The van der Waals surface area contributed by atoms with Crippen molar-refractivity contribution < 1.29 is 23.9 Å². The lowest BCUT2D eigenvalue weighted by atomic mass is 10.0. The van der Waals surface area contributed by atoms with Crippen LogP contribution in [0.3, 0.4) is 0 Å². The molecule has 2 unspecified atom stereocenters. The fraction of sp³-hybridized carbons (Fsp3) is 0.267. The second-order valence-electron chi connectivity index (χ2n) is 9.84. The van der Waals surface area contributed by atoms with Gasteiger partial charge in [-0.3, -0.25) is 24.1 Å². The summed E-state index contributed by atoms with van der Waals surface area (Å²) in [6.45, 7) is -0.0892. The van der Waals surface area contributed by atoms with Gasteiger partial charge in [0, 0.05) is 11.6 Å². The van der Waals surface area contributed by atoms with Gasteiger partial charge in [0.15, 0.2) is 0 Å². The van der Waals surface area contributed by atoms with E-state index in [1.165, 1.54) is 0 Å². The molecule has 0 radical (unpaired) electrons. The number of anilines is 2. The fourth-order valence-corrected chi connectivity index (χ4v) is 6.01. The number of carbonyl (C=O) groups is 4. The third kappa shape index (κ3) is 3.75. The van der Waals surface area contributed by atoms with Gasteiger partial charge in [0.25, 0.3) is 11.8 Å². The van der Waals surface area contributed by atoms with E-state index in [0.717, 1.165) is 16.9 Å². The second-order valence-corrected chi connectivity index (χ2v) is 9.84. The van der Waals surface area contributed by atoms with Gasteiger partial charge in [-0.2, -0.15) is 0 Å². The standard InChI is InChI=1S/C30H27N3O5/c1-38-26-16-7-2-9-19(26)17-31-24-13-5-6-14-25(24)33(23-15-8-12-22(23)30(31)37)27(34)18-32-28(35)20-10-3-4-11-21(20)29(32)36/h2-7,9-11,13-14,16,22-23H,8,12,15,17-18H2,1H3. The molecule has 0 spiro atoms. The quantitative estimate of drug-likeness (QED) is 0.485. The molecule has 2 atom stereocenters. The van der Waals surface area contributed by atoms with Gasteiger partial charge < -0.3 is 14.5 Å². The molecule has 0 aromatic heterocycles. The van der Waals surface area contributed by atoms with Crippen LogP contribution in [0.1, 0.15) is 45.5 Å². The molecule has 6 rings (SSSR count). The maximum Gasteiger partial charge on any atom is 0.262 e. The summed E-state index contributed by atoms with van der Waals surface area (Å²) in [5.41, 5.74) is 2.69. The SMILES string of the molecule is COc1ccccc1CN1C(=O)C2CCCC2N(C(=O)CN2C(=O)c3ccccc3C2=O)c2ccccc21. The Morgan fingerprint density at radius 2 is 1.45 bits per heavy atom. The van der Waals surface area contributed by atoms with Crippen LogP contribution in [0.4, 0.5) is 11.4 Å². The highest BCUT2D eigenvalue weighted by Gasteiger charge is 2.47. The number of rotatable bonds is 5. The predicted octanol–water partition coefficient (Wildman–Crippen LogP) is 4.04. The van der Waals surface area contributed by atoms with Gasteiger partial charge in [-0.25, -0.2) is 0 Å². The molecule has 2 heterocycles. The Balaban J connectivity index is 1.38. The molecule has 8 heteroatoms. The van der Waals surface area contributed by atoms with Crippen LogP contribution in [-0.4, -0.2) is 48.2 Å². The lowest BCUT2D eigenvalue weighted by molar-refractivity contribution is -0.123. The van der Waals surface area contributed by atoms with Gasteiger partial charge >= 0.3 is 0 Å². The summed E-state index contributed by atoms with van der Waals surface area (Å²) in [7, 11) is 1.60. The van der Waals surface area contributed by atoms with Crippen LogP contribution in [0.15, 0.2) is 72.8 Å². The lowest BCUT2D eigenvalue weighted by Gasteiger charge is -2.31. The van der Waals surface area contributed by atoms with Crippen molar-refractivity contribution >= 4 is 35.0 Å². The van der Waals surface area contributed by atoms with Gasteiger partial charge in [0.1, 0.15) is 12.3 Å². The summed E-state index contributed by atoms with van der Waals surface area (Å²) in [6, 6.07) is 21.2. The van der Waals surface area contributed by atoms with Crippen molar-refractivity contribution in [1.82, 2.24) is 4.90 Å². The van der Waals surface area contributed by atoms with E-state index >= 15 is 0 Å². The van der Waals surface area contributed by atoms with Crippen molar-refractivity contribution in [3.8, 4) is 5.75 Å². The van der Waals surface area contributed by atoms with E-state index in [-0.39, 0.29) is 30.3 Å². The molecule has 1 aliphatic carbocycles. The van der Waals surface area contributed by atoms with Crippen molar-refractivity contribution in [2.45, 2.75) is 31.8 Å². The van der Waals surface area contributed by atoms with Gasteiger partial charge in [-0.15, -0.1) is 0 Å². The topological polar surface area (TPSA) is 87.2 Å². The number of hydrogen-bond donors (Lipinski definition) is 0. The minimum Gasteiger partial charge on any atom is -0.496 e. The van der Waals surface area contributed by atoms with Crippen molar-refractivity contribution in [3.63, 3.8) is 0 Å². The molecular weight excluding hydrogens is 482 g/mol. The number of carbonyl (C=O) groups excluding carboxylic acids is 4. The molecule has 38 heavy (non-hydrogen) atoms. The number of benzene rings is 3. The lowest BCUT2D eigenvalue weighted by Crippen LogP contribution is -2.49. The molecule has 0 bridgehead atoms. The number of imide groups is 1. The molecule has 3 aromatic rings. The van der Waals surface area contributed by atoms with Crippen molar-refractivity contribution in [1.29, 1.82) is 0 Å². The minimum atomic E-state index is -0.473. The first-order valence-electron chi connectivity index (χ1n) is 12.8. The van der Waals surface area contributed by atoms with Crippen LogP contribution in [0.5, 0.6) is 5.75 Å². The number of fused-ring (bicyclic) bond motifs is 3. The van der Waals surface area contributed by atoms with Crippen LogP contribution >= 0.6 is 0 Å². The van der Waals surface area contributed by atoms with Gasteiger partial charge in [-0.1, -0.05) is 48.9 Å². The molecular formula is C30H27N3O5. The Kier molecular flexibility index (Phi) is 5.94. The van der Waals surface area contributed by atoms with Gasteiger partial charge in [-0.05, 0) is 43.2 Å². The fourth-order valence-electron chi connectivity index (χ4n) is 6.01. The summed E-state index contributed by atoms with van der Waals surface area (Å²) >= 11 is 0. The van der Waals surface area contributed by atoms with Crippen LogP contribution in [0.2, 0.25) is 0 Å². The minimum absolute atomic E-state index is 0.0399. The first-order valence-corrected chi connectivity index (χ1v) is 12.8. The average Bonchev–Trinajstić information content (AvgIpc) is 3.49. The van der Waals surface area contributed by atoms with E-state index in [2.05, 4.69) is 0 Å². The normalized spacial score (nSPS) is 20.2. The van der Waals surface area contributed by atoms with Crippen LogP contribution in [0.25, 0.3) is 0 Å². The zero-order valence-electron chi connectivity index (χ0n) is 21.0. The highest BCUT2D eigenvalue weighted by atomic mass is 16.5. The maximum absolute atomic E-state index is 14.0. The van der Waals surface area contributed by atoms with E-state index < -0.39 is 11.8 Å². The number of ether oxygens (including phenoxy) is 1. The molecule has 1 fully saturated rings. The van der Waals surface area contributed by atoms with E-state index in [1.54, 1.807) is 41.2 Å². The Morgan fingerprint density at radius 1 is 0.816 bits per heavy atom. The maximum atomic E-state index is 14.0. The molecule has 4 amide bonds. The smallest absolute Gasteiger partial charge is 0.262 e. The molecule has 0 N–H and O–H groups in total. The van der Waals surface area contributed by atoms with Crippen molar-refractivity contribution in [2.24, 2.45) is 5.92 Å². The second kappa shape index (κ2) is 9.45. The largest absolute Gasteiger partial charge is 0.496 e. The molecule has 1 saturated carbocycles. The Bertz CT molecular complexity index is 1430. The van der Waals surface area contributed by atoms with Crippen molar-refractivity contribution in [3.05, 3.63) is 89.5 Å². The summed E-state index contributed by atoms with van der Waals surface area (Å²) in [4.78, 5) is 58.4. The highest BCUT2D eigenvalue weighted by molar-refractivity contribution is 6.23. The molecule has 192 valence electrons. The van der Waals surface area contributed by atoms with Gasteiger partial charge in [0.05, 0.1) is 42.1 Å². The number of methoxy groups -OCH3 is 1. The summed E-state index contributed by atoms with van der Waals surface area (Å²) < 4.78 is 5.54. The Hall–Kier alpha value is -4.46. The number of hydrogen-bond acceptors (Lipinski definition) is 5. The third-order valence-corrected chi connectivity index (χ3v) is 7.79. The van der Waals surface area contributed by atoms with Crippen molar-refractivity contribution in [2.75, 3.05) is 23.5 Å². The Labute approximate surface area is 220 Å². The van der Waals surface area contributed by atoms with Crippen LogP contribution < -0.4 is 14.5 Å². The molecule has 3 aromatic carbocycles. The summed E-state index contributed by atoms with van der Waals surface area (Å²) in [5, 5.41) is 0. The predicted molar refractivity (Wildman–Crippen MR) is 141 cm³/mol. The third-order valence-electron chi connectivity index (χ3n) is 7.79. The molecule has 0 saturated heterocycles. The zero-order chi connectivity index (χ0) is 26.4. The van der Waals surface area contributed by atoms with Crippen LogP contribution in [0, 0.1) is 5.92 Å². The Morgan fingerprint density at radius 3 is 2.16 bits per heavy atom. The molecule has 3 aliphatic rings. The number of amides is 4. The van der Waals surface area contributed by atoms with E-state index in [4.69, 9.17) is 4.74 Å². The van der Waals surface area contributed by atoms with E-state index in [0.29, 0.717) is 47.6 Å².